The van der Waals surface area contributed by atoms with Gasteiger partial charge < -0.3 is 5.32 Å². The van der Waals surface area contributed by atoms with Gasteiger partial charge in [-0.3, -0.25) is 0 Å². The van der Waals surface area contributed by atoms with E-state index in [0.29, 0.717) is 10.2 Å². The van der Waals surface area contributed by atoms with E-state index in [1.807, 2.05) is 6.07 Å². The van der Waals surface area contributed by atoms with Crippen LogP contribution in [0, 0.1) is 0 Å². The minimum atomic E-state index is 0.378. The van der Waals surface area contributed by atoms with Gasteiger partial charge in [-0.1, -0.05) is 23.2 Å². The molecule has 2 nitrogen and oxygen atoms in total. The molecule has 4 heteroatoms. The highest BCUT2D eigenvalue weighted by Crippen LogP contribution is 2.38. The molecule has 3 heterocycles. The quantitative estimate of drug-likeness (QED) is 0.600. The molecule has 2 bridgehead atoms. The first-order chi connectivity index (χ1) is 4.27. The molecule has 2 aliphatic heterocycles. The lowest BCUT2D eigenvalue weighted by molar-refractivity contribution is 1.25. The molecule has 1 N–H and O–H groups in total. The molecule has 9 heavy (non-hydrogen) atoms. The first-order valence-electron chi connectivity index (χ1n) is 2.40. The summed E-state index contributed by atoms with van der Waals surface area (Å²) in [6, 6.07) is 1.84. The lowest BCUT2D eigenvalue weighted by Gasteiger charge is -2.18. The third-order valence-corrected chi connectivity index (χ3v) is 1.93. The first-order valence-corrected chi connectivity index (χ1v) is 3.16. The second kappa shape index (κ2) is 1.52. The molecule has 0 amide bonds. The molecule has 0 fully saturated rings. The number of nitrogens with zero attached hydrogens (tertiary/aromatic N) is 1. The molecule has 1 aromatic heterocycles. The predicted octanol–water partition coefficient (Wildman–Crippen LogP) is 2.45. The Morgan fingerprint density at radius 1 is 1.44 bits per heavy atom. The third kappa shape index (κ3) is 0.604. The van der Waals surface area contributed by atoms with E-state index >= 15 is 0 Å². The number of halogens is 2. The van der Waals surface area contributed by atoms with Gasteiger partial charge in [0.05, 0.1) is 5.69 Å². The van der Waals surface area contributed by atoms with Crippen molar-refractivity contribution in [3.63, 3.8) is 0 Å². The molecule has 0 saturated heterocycles. The number of pyridine rings is 1. The Balaban J connectivity index is 2.72. The number of aromatic nitrogens is 1. The Hall–Kier alpha value is -0.470. The molecule has 2 aliphatic rings. The Labute approximate surface area is 61.8 Å². The Morgan fingerprint density at radius 2 is 2.11 bits per heavy atom. The van der Waals surface area contributed by atoms with Crippen molar-refractivity contribution in [3.8, 4) is 0 Å². The summed E-state index contributed by atoms with van der Waals surface area (Å²) in [6.45, 7) is 0. The van der Waals surface area contributed by atoms with E-state index in [1.165, 1.54) is 0 Å². The average molecular weight is 161 g/mol. The van der Waals surface area contributed by atoms with Crippen molar-refractivity contribution < 1.29 is 0 Å². The van der Waals surface area contributed by atoms with Crippen molar-refractivity contribution in [2.24, 2.45) is 0 Å². The van der Waals surface area contributed by atoms with E-state index in [-0.39, 0.29) is 0 Å². The topological polar surface area (TPSA) is 24.9 Å². The fraction of sp³-hybridized carbons (Fsp3) is 0. The number of anilines is 2. The van der Waals surface area contributed by atoms with Crippen molar-refractivity contribution in [3.05, 3.63) is 16.2 Å². The van der Waals surface area contributed by atoms with Gasteiger partial charge in [-0.25, -0.2) is 4.98 Å². The molecule has 0 aliphatic carbocycles. The van der Waals surface area contributed by atoms with E-state index in [9.17, 15) is 0 Å². The summed E-state index contributed by atoms with van der Waals surface area (Å²) in [5, 5.41) is 3.78. The summed E-state index contributed by atoms with van der Waals surface area (Å²) >= 11 is 11.2. The molecule has 0 saturated carbocycles. The van der Waals surface area contributed by atoms with Gasteiger partial charge in [0.1, 0.15) is 10.8 Å². The molecule has 3 rings (SSSR count). The number of hydrogen-bond acceptors (Lipinski definition) is 2. The van der Waals surface area contributed by atoms with Gasteiger partial charge in [0, 0.05) is 6.07 Å². The van der Waals surface area contributed by atoms with Gasteiger partial charge in [-0.2, -0.15) is 0 Å². The maximum atomic E-state index is 5.67. The van der Waals surface area contributed by atoms with Crippen LogP contribution in [0.15, 0.2) is 6.07 Å². The fourth-order valence-electron chi connectivity index (χ4n) is 0.714. The largest absolute Gasteiger partial charge is 0.339 e. The van der Waals surface area contributed by atoms with E-state index < -0.39 is 0 Å². The van der Waals surface area contributed by atoms with Gasteiger partial charge >= 0.3 is 0 Å². The molecule has 0 atom stereocenters. The summed E-state index contributed by atoms with van der Waals surface area (Å²) in [6.07, 6.45) is 0. The average Bonchev–Trinajstić information content (AvgIpc) is 1.72. The zero-order valence-electron chi connectivity index (χ0n) is 4.28. The van der Waals surface area contributed by atoms with Crippen LogP contribution >= 0.6 is 23.2 Å². The summed E-state index contributed by atoms with van der Waals surface area (Å²) in [4.78, 5) is 3.87. The highest BCUT2D eigenvalue weighted by atomic mass is 35.5. The van der Waals surface area contributed by atoms with Gasteiger partial charge in [0.2, 0.25) is 0 Å². The molecular weight excluding hydrogens is 159 g/mol. The van der Waals surface area contributed by atoms with Crippen LogP contribution in [0.4, 0.5) is 11.5 Å². The van der Waals surface area contributed by atoms with Crippen molar-refractivity contribution >= 4 is 34.7 Å². The second-order valence-electron chi connectivity index (χ2n) is 1.78. The van der Waals surface area contributed by atoms with Crippen molar-refractivity contribution in [2.75, 3.05) is 5.32 Å². The Morgan fingerprint density at radius 3 is 2.44 bits per heavy atom. The number of nitrogens with one attached hydrogen (secondary N) is 1. The molecular formula is C5H2Cl2N2. The van der Waals surface area contributed by atoms with Crippen molar-refractivity contribution in [1.29, 1.82) is 0 Å². The minimum Gasteiger partial charge on any atom is -0.339 e. The summed E-state index contributed by atoms with van der Waals surface area (Å²) in [5.41, 5.74) is 0.867. The Bertz CT molecular complexity index is 268. The first kappa shape index (κ1) is 5.33. The summed E-state index contributed by atoms with van der Waals surface area (Å²) < 4.78 is 0. The maximum absolute atomic E-state index is 5.67. The lowest BCUT2D eigenvalue weighted by atomic mass is 10.3. The van der Waals surface area contributed by atoms with E-state index in [0.717, 1.165) is 11.5 Å². The highest BCUT2D eigenvalue weighted by Gasteiger charge is 2.16. The molecule has 0 aromatic carbocycles. The zero-order valence-corrected chi connectivity index (χ0v) is 5.79. The third-order valence-electron chi connectivity index (χ3n) is 1.18. The van der Waals surface area contributed by atoms with E-state index in [4.69, 9.17) is 23.2 Å². The standard InChI is InChI=1S/C5H2Cl2N2/c6-4-2-1-3(8-2)9-5(4)7/h1H,(H,8,9). The van der Waals surface area contributed by atoms with Crippen LogP contribution in [0.5, 0.6) is 0 Å². The van der Waals surface area contributed by atoms with Crippen LogP contribution in [0.3, 0.4) is 0 Å². The van der Waals surface area contributed by atoms with Gasteiger partial charge in [0.15, 0.2) is 5.15 Å². The SMILES string of the molecule is Clc1nc2cc(c1Cl)N2. The van der Waals surface area contributed by atoms with Gasteiger partial charge in [0.25, 0.3) is 0 Å². The monoisotopic (exact) mass is 160 g/mol. The molecule has 0 radical (unpaired) electrons. The van der Waals surface area contributed by atoms with E-state index in [1.54, 1.807) is 0 Å². The lowest BCUT2D eigenvalue weighted by Crippen LogP contribution is -2.04. The molecule has 46 valence electrons. The number of hydrogen-bond donors (Lipinski definition) is 1. The molecule has 0 unspecified atom stereocenters. The molecule has 1 aromatic rings. The predicted molar refractivity (Wildman–Crippen MR) is 37.5 cm³/mol. The van der Waals surface area contributed by atoms with Crippen LogP contribution < -0.4 is 5.32 Å². The second-order valence-corrected chi connectivity index (χ2v) is 2.52. The van der Waals surface area contributed by atoms with Crippen LogP contribution in [-0.2, 0) is 0 Å². The minimum absolute atomic E-state index is 0.378. The molecule has 0 spiro atoms. The summed E-state index contributed by atoms with van der Waals surface area (Å²) in [5.74, 6) is 0.791. The van der Waals surface area contributed by atoms with Crippen LogP contribution in [0.25, 0.3) is 0 Å². The smallest absolute Gasteiger partial charge is 0.152 e. The normalized spacial score (nSPS) is 12.2. The Kier molecular flexibility index (Phi) is 0.900. The summed E-state index contributed by atoms with van der Waals surface area (Å²) in [7, 11) is 0. The number of rotatable bonds is 0. The fourth-order valence-corrected chi connectivity index (χ4v) is 1.05. The maximum Gasteiger partial charge on any atom is 0.152 e. The van der Waals surface area contributed by atoms with Crippen molar-refractivity contribution in [1.82, 2.24) is 4.98 Å². The van der Waals surface area contributed by atoms with E-state index in [2.05, 4.69) is 10.3 Å². The van der Waals surface area contributed by atoms with Crippen LogP contribution in [-0.4, -0.2) is 4.98 Å². The van der Waals surface area contributed by atoms with Crippen molar-refractivity contribution in [2.45, 2.75) is 0 Å². The van der Waals surface area contributed by atoms with Gasteiger partial charge in [-0.15, -0.1) is 0 Å². The zero-order chi connectivity index (χ0) is 6.43. The van der Waals surface area contributed by atoms with Crippen LogP contribution in [0.1, 0.15) is 0 Å². The number of fused-ring (bicyclic) bond motifs is 2. The van der Waals surface area contributed by atoms with Crippen LogP contribution in [0.2, 0.25) is 10.2 Å². The highest BCUT2D eigenvalue weighted by molar-refractivity contribution is 6.43. The van der Waals surface area contributed by atoms with Gasteiger partial charge in [-0.05, 0) is 0 Å².